The Labute approximate surface area is 106 Å². The highest BCUT2D eigenvalue weighted by Gasteiger charge is 2.18. The Hall–Kier alpha value is -0.410. The Balaban J connectivity index is 2.04. The van der Waals surface area contributed by atoms with Gasteiger partial charge in [-0.1, -0.05) is 0 Å². The fourth-order valence-electron chi connectivity index (χ4n) is 2.62. The van der Waals surface area contributed by atoms with Crippen molar-refractivity contribution in [1.82, 2.24) is 9.80 Å². The largest absolute Gasteiger partial charge is 0.309 e. The molecule has 0 aromatic rings. The lowest BCUT2D eigenvalue weighted by atomic mass is 9.96. The third kappa shape index (κ3) is 6.79. The second-order valence-electron chi connectivity index (χ2n) is 5.71. The number of nitrogens with zero attached hydrogens (tertiary/aromatic N) is 2. The topological polar surface area (TPSA) is 23.6 Å². The van der Waals surface area contributed by atoms with Gasteiger partial charge in [0.15, 0.2) is 0 Å². The van der Waals surface area contributed by atoms with Crippen molar-refractivity contribution in [2.45, 2.75) is 39.0 Å². The summed E-state index contributed by atoms with van der Waals surface area (Å²) in [5.41, 5.74) is 0. The third-order valence-corrected chi connectivity index (χ3v) is 3.58. The average molecular weight is 240 g/mol. The third-order valence-electron chi connectivity index (χ3n) is 3.58. The number of piperidine rings is 1. The molecule has 1 aliphatic heterocycles. The van der Waals surface area contributed by atoms with Crippen LogP contribution in [-0.4, -0.2) is 55.9 Å². The zero-order valence-corrected chi connectivity index (χ0v) is 11.7. The van der Waals surface area contributed by atoms with E-state index in [1.807, 2.05) is 0 Å². The Kier molecular flexibility index (Phi) is 6.75. The smallest absolute Gasteiger partial charge is 0.129 e. The zero-order valence-electron chi connectivity index (χ0n) is 11.7. The first-order valence-electron chi connectivity index (χ1n) is 6.94. The van der Waals surface area contributed by atoms with Gasteiger partial charge in [-0.2, -0.15) is 0 Å². The Bertz CT molecular complexity index is 220. The van der Waals surface area contributed by atoms with Crippen LogP contribution in [0, 0.1) is 5.92 Å². The molecule has 0 amide bonds. The zero-order chi connectivity index (χ0) is 12.7. The number of unbranched alkanes of at least 4 members (excludes halogenated alkanes) is 1. The maximum atomic E-state index is 10.8. The molecule has 0 atom stereocenters. The molecule has 0 aromatic heterocycles. The minimum atomic E-state index is 0.328. The van der Waals surface area contributed by atoms with Crippen molar-refractivity contribution in [2.75, 3.05) is 40.3 Å². The van der Waals surface area contributed by atoms with Gasteiger partial charge in [0.05, 0.1) is 0 Å². The number of hydrogen-bond donors (Lipinski definition) is 0. The van der Waals surface area contributed by atoms with Crippen molar-refractivity contribution in [3.63, 3.8) is 0 Å². The molecule has 1 rings (SSSR count). The van der Waals surface area contributed by atoms with Crippen molar-refractivity contribution in [2.24, 2.45) is 5.92 Å². The fraction of sp³-hybridized carbons (Fsp3) is 0.929. The van der Waals surface area contributed by atoms with Crippen LogP contribution in [0.25, 0.3) is 0 Å². The maximum Gasteiger partial charge on any atom is 0.129 e. The average Bonchev–Trinajstić information content (AvgIpc) is 2.25. The lowest BCUT2D eigenvalue weighted by Crippen LogP contribution is -2.37. The van der Waals surface area contributed by atoms with Crippen LogP contribution in [0.5, 0.6) is 0 Å². The number of carbonyl (C=O) groups excluding carboxylic acids is 1. The van der Waals surface area contributed by atoms with Crippen molar-refractivity contribution >= 4 is 5.78 Å². The predicted molar refractivity (Wildman–Crippen MR) is 72.3 cm³/mol. The van der Waals surface area contributed by atoms with Crippen molar-refractivity contribution in [3.05, 3.63) is 0 Å². The Morgan fingerprint density at radius 1 is 1.24 bits per heavy atom. The molecule has 1 aliphatic rings. The number of carbonyl (C=O) groups is 1. The quantitative estimate of drug-likeness (QED) is 0.636. The number of rotatable bonds is 7. The maximum absolute atomic E-state index is 10.8. The van der Waals surface area contributed by atoms with E-state index in [4.69, 9.17) is 0 Å². The van der Waals surface area contributed by atoms with Crippen LogP contribution in [0.1, 0.15) is 39.0 Å². The van der Waals surface area contributed by atoms with Gasteiger partial charge in [0.1, 0.15) is 5.78 Å². The standard InChI is InChI=1S/C14H28N2O/c1-13(17)6-4-5-9-16-10-7-14(8-11-16)12-15(2)3/h14H,4-12H2,1-3H3. The molecule has 1 fully saturated rings. The monoisotopic (exact) mass is 240 g/mol. The van der Waals surface area contributed by atoms with Crippen LogP contribution in [0.2, 0.25) is 0 Å². The van der Waals surface area contributed by atoms with Crippen molar-refractivity contribution in [3.8, 4) is 0 Å². The van der Waals surface area contributed by atoms with Gasteiger partial charge >= 0.3 is 0 Å². The molecular formula is C14H28N2O. The second kappa shape index (κ2) is 7.83. The van der Waals surface area contributed by atoms with Gasteiger partial charge in [0.2, 0.25) is 0 Å². The molecule has 1 heterocycles. The molecule has 0 bridgehead atoms. The van der Waals surface area contributed by atoms with Gasteiger partial charge in [-0.15, -0.1) is 0 Å². The Morgan fingerprint density at radius 3 is 2.41 bits per heavy atom. The van der Waals surface area contributed by atoms with Crippen LogP contribution in [0.4, 0.5) is 0 Å². The summed E-state index contributed by atoms with van der Waals surface area (Å²) >= 11 is 0. The summed E-state index contributed by atoms with van der Waals surface area (Å²) in [6, 6.07) is 0. The summed E-state index contributed by atoms with van der Waals surface area (Å²) < 4.78 is 0. The SMILES string of the molecule is CC(=O)CCCCN1CCC(CN(C)C)CC1. The first kappa shape index (κ1) is 14.7. The second-order valence-corrected chi connectivity index (χ2v) is 5.71. The Morgan fingerprint density at radius 2 is 1.88 bits per heavy atom. The highest BCUT2D eigenvalue weighted by atomic mass is 16.1. The number of likely N-dealkylation sites (tertiary alicyclic amines) is 1. The van der Waals surface area contributed by atoms with E-state index < -0.39 is 0 Å². The van der Waals surface area contributed by atoms with Crippen LogP contribution < -0.4 is 0 Å². The molecule has 100 valence electrons. The predicted octanol–water partition coefficient (Wildman–Crippen LogP) is 2.02. The summed E-state index contributed by atoms with van der Waals surface area (Å²) in [6.07, 6.45) is 5.68. The summed E-state index contributed by atoms with van der Waals surface area (Å²) in [6.45, 7) is 6.60. The van der Waals surface area contributed by atoms with Gasteiger partial charge in [0, 0.05) is 13.0 Å². The van der Waals surface area contributed by atoms with E-state index in [2.05, 4.69) is 23.9 Å². The van der Waals surface area contributed by atoms with E-state index in [1.165, 1.54) is 45.4 Å². The van der Waals surface area contributed by atoms with Gasteiger partial charge in [0.25, 0.3) is 0 Å². The highest BCUT2D eigenvalue weighted by molar-refractivity contribution is 5.75. The molecule has 0 aliphatic carbocycles. The van der Waals surface area contributed by atoms with Crippen molar-refractivity contribution in [1.29, 1.82) is 0 Å². The molecule has 0 saturated carbocycles. The van der Waals surface area contributed by atoms with E-state index in [1.54, 1.807) is 6.92 Å². The first-order chi connectivity index (χ1) is 8.08. The first-order valence-corrected chi connectivity index (χ1v) is 6.94. The highest BCUT2D eigenvalue weighted by Crippen LogP contribution is 2.18. The molecule has 3 nitrogen and oxygen atoms in total. The summed E-state index contributed by atoms with van der Waals surface area (Å²) in [4.78, 5) is 15.7. The lowest BCUT2D eigenvalue weighted by molar-refractivity contribution is -0.117. The molecule has 17 heavy (non-hydrogen) atoms. The fourth-order valence-corrected chi connectivity index (χ4v) is 2.62. The number of hydrogen-bond acceptors (Lipinski definition) is 3. The van der Waals surface area contributed by atoms with E-state index in [0.717, 1.165) is 18.8 Å². The van der Waals surface area contributed by atoms with Crippen LogP contribution in [0.15, 0.2) is 0 Å². The van der Waals surface area contributed by atoms with Crippen molar-refractivity contribution < 1.29 is 4.79 Å². The van der Waals surface area contributed by atoms with Gasteiger partial charge in [-0.25, -0.2) is 0 Å². The molecule has 0 radical (unpaired) electrons. The van der Waals surface area contributed by atoms with E-state index in [-0.39, 0.29) is 0 Å². The van der Waals surface area contributed by atoms with E-state index in [0.29, 0.717) is 5.78 Å². The molecule has 1 saturated heterocycles. The lowest BCUT2D eigenvalue weighted by Gasteiger charge is -2.33. The molecular weight excluding hydrogens is 212 g/mol. The summed E-state index contributed by atoms with van der Waals surface area (Å²) in [5.74, 6) is 1.22. The summed E-state index contributed by atoms with van der Waals surface area (Å²) in [7, 11) is 4.32. The molecule has 0 spiro atoms. The summed E-state index contributed by atoms with van der Waals surface area (Å²) in [5, 5.41) is 0. The van der Waals surface area contributed by atoms with Crippen LogP contribution >= 0.6 is 0 Å². The van der Waals surface area contributed by atoms with E-state index in [9.17, 15) is 4.79 Å². The number of Topliss-reactive ketones (excluding diaryl/α,β-unsaturated/α-hetero) is 1. The van der Waals surface area contributed by atoms with E-state index >= 15 is 0 Å². The van der Waals surface area contributed by atoms with Gasteiger partial charge in [-0.05, 0) is 72.3 Å². The van der Waals surface area contributed by atoms with Gasteiger partial charge in [-0.3, -0.25) is 0 Å². The minimum absolute atomic E-state index is 0.328. The minimum Gasteiger partial charge on any atom is -0.309 e. The number of ketones is 1. The molecule has 0 aromatic carbocycles. The molecule has 0 N–H and O–H groups in total. The van der Waals surface area contributed by atoms with Crippen LogP contribution in [-0.2, 0) is 4.79 Å². The van der Waals surface area contributed by atoms with Gasteiger partial charge < -0.3 is 14.6 Å². The van der Waals surface area contributed by atoms with Crippen LogP contribution in [0.3, 0.4) is 0 Å². The normalized spacial score (nSPS) is 18.8. The molecule has 3 heteroatoms. The molecule has 0 unspecified atom stereocenters.